The Kier molecular flexibility index (Phi) is 4.83. The quantitative estimate of drug-likeness (QED) is 0.904. The molecule has 20 heavy (non-hydrogen) atoms. The van der Waals surface area contributed by atoms with Crippen LogP contribution in [0.3, 0.4) is 0 Å². The summed E-state index contributed by atoms with van der Waals surface area (Å²) in [5, 5.41) is 7.71. The van der Waals surface area contributed by atoms with Crippen LogP contribution in [0.5, 0.6) is 11.5 Å². The Morgan fingerprint density at radius 3 is 2.70 bits per heavy atom. The maximum Gasteiger partial charge on any atom is 0.171 e. The van der Waals surface area contributed by atoms with Crippen LogP contribution >= 0.6 is 15.9 Å². The Hall–Kier alpha value is -1.33. The Morgan fingerprint density at radius 2 is 2.10 bits per heavy atom. The molecule has 5 heteroatoms. The Balaban J connectivity index is 2.34. The van der Waals surface area contributed by atoms with E-state index in [9.17, 15) is 0 Å². The number of nitrogens with one attached hydrogen (secondary N) is 1. The molecule has 0 atom stereocenters. The molecule has 0 aliphatic carbocycles. The van der Waals surface area contributed by atoms with E-state index >= 15 is 0 Å². The van der Waals surface area contributed by atoms with Crippen LogP contribution in [0.4, 0.5) is 0 Å². The highest BCUT2D eigenvalue weighted by atomic mass is 79.9. The summed E-state index contributed by atoms with van der Waals surface area (Å²) in [6, 6.07) is 6.10. The molecule has 4 nitrogen and oxygen atoms in total. The maximum absolute atomic E-state index is 6.12. The summed E-state index contributed by atoms with van der Waals surface area (Å²) >= 11 is 3.50. The predicted octanol–water partition coefficient (Wildman–Crippen LogP) is 3.70. The standard InChI is InChI=1S/C15H20BrN3O/c1-5-17-9-12-6-7-13(16)8-14(12)20-15-10(2)18-19(4)11(15)3/h6-8,17H,5,9H2,1-4H3. The van der Waals surface area contributed by atoms with Gasteiger partial charge < -0.3 is 10.1 Å². The number of ether oxygens (including phenoxy) is 1. The van der Waals surface area contributed by atoms with Crippen molar-refractivity contribution in [1.82, 2.24) is 15.1 Å². The first-order valence-corrected chi connectivity index (χ1v) is 7.49. The third-order valence-electron chi connectivity index (χ3n) is 3.25. The highest BCUT2D eigenvalue weighted by Gasteiger charge is 2.14. The van der Waals surface area contributed by atoms with Gasteiger partial charge in [-0.15, -0.1) is 0 Å². The maximum atomic E-state index is 6.12. The number of rotatable bonds is 5. The van der Waals surface area contributed by atoms with E-state index in [0.29, 0.717) is 0 Å². The van der Waals surface area contributed by atoms with Crippen LogP contribution in [0.15, 0.2) is 22.7 Å². The second-order valence-electron chi connectivity index (χ2n) is 4.76. The van der Waals surface area contributed by atoms with E-state index in [0.717, 1.165) is 46.0 Å². The second-order valence-corrected chi connectivity index (χ2v) is 5.67. The Labute approximate surface area is 128 Å². The lowest BCUT2D eigenvalue weighted by atomic mass is 10.2. The fourth-order valence-corrected chi connectivity index (χ4v) is 2.38. The predicted molar refractivity (Wildman–Crippen MR) is 84.3 cm³/mol. The van der Waals surface area contributed by atoms with Crippen LogP contribution in [0.2, 0.25) is 0 Å². The first-order valence-electron chi connectivity index (χ1n) is 6.70. The molecule has 108 valence electrons. The Morgan fingerprint density at radius 1 is 1.35 bits per heavy atom. The molecule has 0 aliphatic heterocycles. The number of hydrogen-bond acceptors (Lipinski definition) is 3. The van der Waals surface area contributed by atoms with Crippen LogP contribution in [0.1, 0.15) is 23.9 Å². The number of benzene rings is 1. The van der Waals surface area contributed by atoms with E-state index in [1.807, 2.05) is 37.7 Å². The van der Waals surface area contributed by atoms with E-state index in [4.69, 9.17) is 4.74 Å². The van der Waals surface area contributed by atoms with Crippen molar-refractivity contribution in [3.05, 3.63) is 39.6 Å². The van der Waals surface area contributed by atoms with Crippen molar-refractivity contribution in [1.29, 1.82) is 0 Å². The lowest BCUT2D eigenvalue weighted by Crippen LogP contribution is -2.12. The fraction of sp³-hybridized carbons (Fsp3) is 0.400. The van der Waals surface area contributed by atoms with E-state index < -0.39 is 0 Å². The second kappa shape index (κ2) is 6.41. The first-order chi connectivity index (χ1) is 9.52. The van der Waals surface area contributed by atoms with Crippen LogP contribution < -0.4 is 10.1 Å². The summed E-state index contributed by atoms with van der Waals surface area (Å²) < 4.78 is 8.96. The molecule has 0 radical (unpaired) electrons. The minimum atomic E-state index is 0.789. The van der Waals surface area contributed by atoms with Crippen molar-refractivity contribution in [2.45, 2.75) is 27.3 Å². The van der Waals surface area contributed by atoms with Crippen molar-refractivity contribution in [2.75, 3.05) is 6.54 Å². The molecule has 0 aliphatic rings. The number of halogens is 1. The molecule has 1 aromatic carbocycles. The zero-order valence-corrected chi connectivity index (χ0v) is 13.9. The zero-order chi connectivity index (χ0) is 14.7. The van der Waals surface area contributed by atoms with Gasteiger partial charge in [-0.1, -0.05) is 28.9 Å². The smallest absolute Gasteiger partial charge is 0.171 e. The topological polar surface area (TPSA) is 39.1 Å². The molecular weight excluding hydrogens is 318 g/mol. The van der Waals surface area contributed by atoms with Gasteiger partial charge in [0, 0.05) is 23.6 Å². The summed E-state index contributed by atoms with van der Waals surface area (Å²) in [5.74, 6) is 1.70. The lowest BCUT2D eigenvalue weighted by molar-refractivity contribution is 0.465. The van der Waals surface area contributed by atoms with Crippen molar-refractivity contribution in [3.8, 4) is 11.5 Å². The molecule has 0 amide bonds. The summed E-state index contributed by atoms with van der Waals surface area (Å²) in [6.07, 6.45) is 0. The molecule has 0 unspecified atom stereocenters. The highest BCUT2D eigenvalue weighted by Crippen LogP contribution is 2.32. The van der Waals surface area contributed by atoms with Gasteiger partial charge in [0.15, 0.2) is 5.75 Å². The normalized spacial score (nSPS) is 10.8. The average molecular weight is 338 g/mol. The van der Waals surface area contributed by atoms with Crippen LogP contribution in [-0.4, -0.2) is 16.3 Å². The third kappa shape index (κ3) is 3.22. The van der Waals surface area contributed by atoms with Crippen molar-refractivity contribution >= 4 is 15.9 Å². The van der Waals surface area contributed by atoms with Crippen LogP contribution in [0.25, 0.3) is 0 Å². The molecule has 1 aromatic heterocycles. The number of nitrogens with zero attached hydrogens (tertiary/aromatic N) is 2. The van der Waals surface area contributed by atoms with Gasteiger partial charge in [0.2, 0.25) is 0 Å². The van der Waals surface area contributed by atoms with Gasteiger partial charge in [-0.25, -0.2) is 0 Å². The molecular formula is C15H20BrN3O. The summed E-state index contributed by atoms with van der Waals surface area (Å²) in [5.41, 5.74) is 3.06. The third-order valence-corrected chi connectivity index (χ3v) is 3.74. The van der Waals surface area contributed by atoms with E-state index in [2.05, 4.69) is 39.3 Å². The van der Waals surface area contributed by atoms with Gasteiger partial charge in [0.05, 0.1) is 5.69 Å². The lowest BCUT2D eigenvalue weighted by Gasteiger charge is -2.12. The first kappa shape index (κ1) is 15.1. The minimum absolute atomic E-state index is 0.789. The molecule has 0 bridgehead atoms. The minimum Gasteiger partial charge on any atom is -0.453 e. The summed E-state index contributed by atoms with van der Waals surface area (Å²) in [6.45, 7) is 7.79. The molecule has 0 saturated heterocycles. The average Bonchev–Trinajstić information content (AvgIpc) is 2.64. The van der Waals surface area contributed by atoms with Gasteiger partial charge in [0.25, 0.3) is 0 Å². The van der Waals surface area contributed by atoms with Gasteiger partial charge in [-0.3, -0.25) is 4.68 Å². The van der Waals surface area contributed by atoms with E-state index in [1.54, 1.807) is 0 Å². The van der Waals surface area contributed by atoms with Crippen molar-refractivity contribution < 1.29 is 4.74 Å². The fourth-order valence-electron chi connectivity index (χ4n) is 2.04. The van der Waals surface area contributed by atoms with E-state index in [-0.39, 0.29) is 0 Å². The monoisotopic (exact) mass is 337 g/mol. The van der Waals surface area contributed by atoms with Gasteiger partial charge in [0.1, 0.15) is 11.4 Å². The molecule has 0 saturated carbocycles. The van der Waals surface area contributed by atoms with Gasteiger partial charge in [-0.2, -0.15) is 5.10 Å². The molecule has 2 rings (SSSR count). The number of aryl methyl sites for hydroxylation is 2. The molecule has 1 N–H and O–H groups in total. The van der Waals surface area contributed by atoms with Gasteiger partial charge in [-0.05, 0) is 32.5 Å². The van der Waals surface area contributed by atoms with Crippen LogP contribution in [0, 0.1) is 13.8 Å². The molecule has 0 fully saturated rings. The van der Waals surface area contributed by atoms with Crippen molar-refractivity contribution in [2.24, 2.45) is 7.05 Å². The Bertz CT molecular complexity index is 607. The van der Waals surface area contributed by atoms with E-state index in [1.165, 1.54) is 0 Å². The molecule has 0 spiro atoms. The van der Waals surface area contributed by atoms with Gasteiger partial charge >= 0.3 is 0 Å². The highest BCUT2D eigenvalue weighted by molar-refractivity contribution is 9.10. The molecule has 2 aromatic rings. The number of hydrogen-bond donors (Lipinski definition) is 1. The van der Waals surface area contributed by atoms with Crippen molar-refractivity contribution in [3.63, 3.8) is 0 Å². The molecule has 1 heterocycles. The summed E-state index contributed by atoms with van der Waals surface area (Å²) in [4.78, 5) is 0. The van der Waals surface area contributed by atoms with Crippen LogP contribution in [-0.2, 0) is 13.6 Å². The SMILES string of the molecule is CCNCc1ccc(Br)cc1Oc1c(C)nn(C)c1C. The summed E-state index contributed by atoms with van der Waals surface area (Å²) in [7, 11) is 1.93. The number of aromatic nitrogens is 2. The largest absolute Gasteiger partial charge is 0.453 e. The zero-order valence-electron chi connectivity index (χ0n) is 12.3.